The fraction of sp³-hybridized carbons (Fsp3) is 0.571. The van der Waals surface area contributed by atoms with Crippen molar-refractivity contribution < 1.29 is 39.4 Å². The van der Waals surface area contributed by atoms with Gasteiger partial charge in [-0.1, -0.05) is 13.0 Å². The third-order valence-corrected chi connectivity index (χ3v) is 7.21. The Hall–Kier alpha value is -0.580. The van der Waals surface area contributed by atoms with Crippen LogP contribution >= 0.6 is 19.4 Å². The zero-order valence-electron chi connectivity index (χ0n) is 14.6. The molecule has 12 heteroatoms. The van der Waals surface area contributed by atoms with Gasteiger partial charge in [-0.25, -0.2) is 0 Å². The van der Waals surface area contributed by atoms with E-state index in [2.05, 4.69) is 8.71 Å². The lowest BCUT2D eigenvalue weighted by Gasteiger charge is -2.20. The van der Waals surface area contributed by atoms with Crippen molar-refractivity contribution in [3.8, 4) is 0 Å². The molecule has 1 rings (SSSR count). The first kappa shape index (κ1) is 23.5. The van der Waals surface area contributed by atoms with Crippen LogP contribution < -0.4 is 0 Å². The first-order chi connectivity index (χ1) is 11.9. The van der Waals surface area contributed by atoms with Crippen LogP contribution in [-0.4, -0.2) is 33.7 Å². The molecule has 0 aliphatic heterocycles. The van der Waals surface area contributed by atoms with E-state index >= 15 is 0 Å². The highest BCUT2D eigenvalue weighted by Gasteiger charge is 2.40. The molecule has 1 atom stereocenters. The normalized spacial score (nSPS) is 15.2. The number of hydrogen-bond donors (Lipinski definition) is 0. The second kappa shape index (κ2) is 9.07. The molecule has 0 heterocycles. The fourth-order valence-electron chi connectivity index (χ4n) is 1.91. The van der Waals surface area contributed by atoms with E-state index in [1.165, 1.54) is 19.9 Å². The summed E-state index contributed by atoms with van der Waals surface area (Å²) in [7, 11) is -7.80. The molecule has 0 amide bonds. The summed E-state index contributed by atoms with van der Waals surface area (Å²) in [5, 5.41) is 0. The van der Waals surface area contributed by atoms with Gasteiger partial charge in [0.15, 0.2) is 6.35 Å². The molecule has 0 saturated carbocycles. The lowest BCUT2D eigenvalue weighted by atomic mass is 10.2. The molecule has 1 aromatic carbocycles. The van der Waals surface area contributed by atoms with Gasteiger partial charge in [0, 0.05) is 12.0 Å². The lowest BCUT2D eigenvalue weighted by Crippen LogP contribution is -2.18. The van der Waals surface area contributed by atoms with Gasteiger partial charge >= 0.3 is 13.8 Å². The largest absolute Gasteiger partial charge is 0.417 e. The maximum Gasteiger partial charge on any atom is 0.417 e. The van der Waals surface area contributed by atoms with Gasteiger partial charge in [-0.15, -0.1) is 11.8 Å². The number of thioether (sulfide) groups is 1. The summed E-state index contributed by atoms with van der Waals surface area (Å²) in [6, 6.07) is 3.01. The van der Waals surface area contributed by atoms with Crippen molar-refractivity contribution in [3.05, 3.63) is 23.8 Å². The molecule has 150 valence electrons. The molecule has 26 heavy (non-hydrogen) atoms. The molecular formula is C14H20F3O6PS2. The van der Waals surface area contributed by atoms with Crippen LogP contribution in [0.2, 0.25) is 0 Å². The van der Waals surface area contributed by atoms with Gasteiger partial charge in [-0.05, 0) is 31.7 Å². The zero-order chi connectivity index (χ0) is 20.2. The van der Waals surface area contributed by atoms with Gasteiger partial charge < -0.3 is 9.05 Å². The second-order valence-electron chi connectivity index (χ2n) is 5.21. The van der Waals surface area contributed by atoms with E-state index in [0.717, 1.165) is 24.9 Å². The topological polar surface area (TPSA) is 78.9 Å². The molecule has 0 spiro atoms. The Morgan fingerprint density at radius 3 is 2.35 bits per heavy atom. The molecule has 1 unspecified atom stereocenters. The van der Waals surface area contributed by atoms with E-state index in [0.29, 0.717) is 11.8 Å². The van der Waals surface area contributed by atoms with Crippen LogP contribution in [0.15, 0.2) is 28.0 Å². The summed E-state index contributed by atoms with van der Waals surface area (Å²) in [4.78, 5) is -1.12. The molecule has 0 aliphatic rings. The number of rotatable bonds is 9. The minimum Gasteiger partial charge on any atom is -0.310 e. The van der Waals surface area contributed by atoms with Crippen molar-refractivity contribution in [2.45, 2.75) is 42.8 Å². The highest BCUT2D eigenvalue weighted by molar-refractivity contribution is 8.00. The van der Waals surface area contributed by atoms with E-state index in [1.54, 1.807) is 6.92 Å². The number of halogens is 3. The maximum absolute atomic E-state index is 13.3. The van der Waals surface area contributed by atoms with Crippen molar-refractivity contribution in [1.29, 1.82) is 0 Å². The summed E-state index contributed by atoms with van der Waals surface area (Å²) in [6.45, 7) is 4.74. The van der Waals surface area contributed by atoms with Crippen LogP contribution in [0.5, 0.6) is 0 Å². The van der Waals surface area contributed by atoms with Gasteiger partial charge in [0.05, 0.1) is 11.7 Å². The predicted octanol–water partition coefficient (Wildman–Crippen LogP) is 4.74. The SMILES string of the molecule is CCSc1cccc(C(F)(F)F)c1S(=O)(=O)OCP(=O)(OC)OC(C)C. The number of alkyl halides is 3. The first-order valence-electron chi connectivity index (χ1n) is 7.42. The van der Waals surface area contributed by atoms with E-state index in [9.17, 15) is 26.2 Å². The molecule has 0 aromatic heterocycles. The molecule has 0 aliphatic carbocycles. The van der Waals surface area contributed by atoms with E-state index in [-0.39, 0.29) is 4.90 Å². The number of hydrogen-bond acceptors (Lipinski definition) is 7. The van der Waals surface area contributed by atoms with E-state index in [4.69, 9.17) is 4.52 Å². The van der Waals surface area contributed by atoms with E-state index < -0.39 is 46.8 Å². The summed E-state index contributed by atoms with van der Waals surface area (Å²) in [5.74, 6) is 0.344. The monoisotopic (exact) mass is 436 g/mol. The van der Waals surface area contributed by atoms with Gasteiger partial charge in [0.25, 0.3) is 10.1 Å². The van der Waals surface area contributed by atoms with Crippen LogP contribution in [0.4, 0.5) is 13.2 Å². The quantitative estimate of drug-likeness (QED) is 0.314. The van der Waals surface area contributed by atoms with Crippen molar-refractivity contribution >= 4 is 29.5 Å². The Labute approximate surface area is 155 Å². The zero-order valence-corrected chi connectivity index (χ0v) is 17.1. The molecular weight excluding hydrogens is 416 g/mol. The van der Waals surface area contributed by atoms with Crippen molar-refractivity contribution in [2.24, 2.45) is 0 Å². The molecule has 6 nitrogen and oxygen atoms in total. The summed E-state index contributed by atoms with van der Waals surface area (Å²) in [5.41, 5.74) is -1.35. The summed E-state index contributed by atoms with van der Waals surface area (Å²) < 4.78 is 91.4. The lowest BCUT2D eigenvalue weighted by molar-refractivity contribution is -0.140. The first-order valence-corrected chi connectivity index (χ1v) is 11.5. The molecule has 0 bridgehead atoms. The van der Waals surface area contributed by atoms with Crippen LogP contribution in [0.1, 0.15) is 26.3 Å². The van der Waals surface area contributed by atoms with Gasteiger partial charge in [-0.2, -0.15) is 21.6 Å². The van der Waals surface area contributed by atoms with E-state index in [1.807, 2.05) is 0 Å². The van der Waals surface area contributed by atoms with Crippen LogP contribution in [-0.2, 0) is 34.1 Å². The van der Waals surface area contributed by atoms with Crippen LogP contribution in [0.25, 0.3) is 0 Å². The Morgan fingerprint density at radius 1 is 1.27 bits per heavy atom. The van der Waals surface area contributed by atoms with Gasteiger partial charge in [0.1, 0.15) is 4.90 Å². The average Bonchev–Trinajstić information content (AvgIpc) is 2.52. The predicted molar refractivity (Wildman–Crippen MR) is 91.8 cm³/mol. The smallest absolute Gasteiger partial charge is 0.310 e. The third kappa shape index (κ3) is 6.24. The summed E-state index contributed by atoms with van der Waals surface area (Å²) >= 11 is 0.918. The van der Waals surface area contributed by atoms with Crippen molar-refractivity contribution in [3.63, 3.8) is 0 Å². The van der Waals surface area contributed by atoms with Gasteiger partial charge in [0.2, 0.25) is 0 Å². The minimum atomic E-state index is -4.91. The standard InChI is InChI=1S/C14H20F3O6PS2/c1-5-25-12-8-6-7-11(14(15,16)17)13(12)26(19,20)22-9-24(18,21-4)23-10(2)3/h6-8,10H,5,9H2,1-4H3. The molecule has 0 fully saturated rings. The second-order valence-corrected chi connectivity index (χ2v) is 10.1. The van der Waals surface area contributed by atoms with Crippen molar-refractivity contribution in [2.75, 3.05) is 19.2 Å². The number of benzene rings is 1. The highest BCUT2D eigenvalue weighted by atomic mass is 32.2. The van der Waals surface area contributed by atoms with Crippen LogP contribution in [0, 0.1) is 0 Å². The summed E-state index contributed by atoms with van der Waals surface area (Å²) in [6.07, 6.45) is -6.51. The fourth-order valence-corrected chi connectivity index (χ4v) is 5.97. The Kier molecular flexibility index (Phi) is 8.19. The minimum absolute atomic E-state index is 0.112. The Morgan fingerprint density at radius 2 is 1.88 bits per heavy atom. The van der Waals surface area contributed by atoms with Crippen LogP contribution in [0.3, 0.4) is 0 Å². The molecule has 1 aromatic rings. The molecule has 0 saturated heterocycles. The Bertz CT molecular complexity index is 764. The molecule has 0 N–H and O–H groups in total. The Balaban J connectivity index is 3.33. The average molecular weight is 436 g/mol. The third-order valence-electron chi connectivity index (χ3n) is 2.85. The molecule has 0 radical (unpaired) electrons. The maximum atomic E-state index is 13.3. The van der Waals surface area contributed by atoms with Gasteiger partial charge in [-0.3, -0.25) is 8.75 Å². The highest BCUT2D eigenvalue weighted by Crippen LogP contribution is 2.49. The van der Waals surface area contributed by atoms with Crippen molar-refractivity contribution in [1.82, 2.24) is 0 Å².